The lowest BCUT2D eigenvalue weighted by molar-refractivity contribution is -0.912. The topological polar surface area (TPSA) is 44.7 Å². The van der Waals surface area contributed by atoms with Crippen LogP contribution < -0.4 is 29.3 Å². The van der Waals surface area contributed by atoms with E-state index in [1.54, 1.807) is 0 Å². The lowest BCUT2D eigenvalue weighted by Gasteiger charge is -2.56. The number of quaternary nitrogens is 1. The summed E-state index contributed by atoms with van der Waals surface area (Å²) in [6, 6.07) is 10.6. The Balaban J connectivity index is 0.00000252. The minimum Gasteiger partial charge on any atom is -1.00 e. The molecular formula is C30H39IN4OS. The molecule has 37 heavy (non-hydrogen) atoms. The van der Waals surface area contributed by atoms with Gasteiger partial charge in [-0.3, -0.25) is 4.79 Å². The van der Waals surface area contributed by atoms with Crippen molar-refractivity contribution in [2.24, 2.45) is 28.2 Å². The molecule has 4 saturated carbocycles. The third kappa shape index (κ3) is 4.67. The van der Waals surface area contributed by atoms with Gasteiger partial charge in [-0.05, 0) is 81.4 Å². The zero-order valence-corrected chi connectivity index (χ0v) is 25.1. The van der Waals surface area contributed by atoms with Gasteiger partial charge in [-0.25, -0.2) is 4.99 Å². The minimum atomic E-state index is 0. The summed E-state index contributed by atoms with van der Waals surface area (Å²) >= 11 is 1.81. The van der Waals surface area contributed by atoms with Crippen molar-refractivity contribution >= 4 is 39.3 Å². The van der Waals surface area contributed by atoms with Crippen molar-refractivity contribution in [2.75, 3.05) is 45.1 Å². The van der Waals surface area contributed by atoms with Crippen molar-refractivity contribution in [3.8, 4) is 0 Å². The number of thiophene rings is 1. The molecule has 4 aliphatic carbocycles. The van der Waals surface area contributed by atoms with Crippen LogP contribution in [-0.4, -0.2) is 60.8 Å². The van der Waals surface area contributed by atoms with Gasteiger partial charge in [0.25, 0.3) is 0 Å². The summed E-state index contributed by atoms with van der Waals surface area (Å²) < 4.78 is 1.01. The second kappa shape index (κ2) is 9.63. The van der Waals surface area contributed by atoms with Gasteiger partial charge in [0, 0.05) is 10.3 Å². The summed E-state index contributed by atoms with van der Waals surface area (Å²) in [6.45, 7) is 7.28. The molecule has 3 heterocycles. The number of nitrogens with zero attached hydrogens (tertiary/aromatic N) is 3. The first-order valence-corrected chi connectivity index (χ1v) is 14.9. The summed E-state index contributed by atoms with van der Waals surface area (Å²) in [4.78, 5) is 22.6. The fourth-order valence-electron chi connectivity index (χ4n) is 8.46. The third-order valence-corrected chi connectivity index (χ3v) is 11.1. The summed E-state index contributed by atoms with van der Waals surface area (Å²) in [5.41, 5.74) is 3.37. The van der Waals surface area contributed by atoms with Crippen LogP contribution in [0.2, 0.25) is 0 Å². The molecular weight excluding hydrogens is 591 g/mol. The number of nitrogens with one attached hydrogen (secondary N) is 1. The van der Waals surface area contributed by atoms with Crippen molar-refractivity contribution in [2.45, 2.75) is 51.9 Å². The molecule has 198 valence electrons. The van der Waals surface area contributed by atoms with Crippen LogP contribution in [0.5, 0.6) is 0 Å². The van der Waals surface area contributed by atoms with E-state index in [1.807, 2.05) is 11.3 Å². The smallest absolute Gasteiger partial charge is 0.144 e. The van der Waals surface area contributed by atoms with E-state index >= 15 is 0 Å². The number of anilines is 2. The number of likely N-dealkylation sites (N-methyl/N-ethyl adjacent to an activating group) is 1. The minimum absolute atomic E-state index is 0. The van der Waals surface area contributed by atoms with Gasteiger partial charge < -0.3 is 38.7 Å². The normalized spacial score (nSPS) is 30.9. The molecule has 7 heteroatoms. The van der Waals surface area contributed by atoms with E-state index in [-0.39, 0.29) is 29.4 Å². The fraction of sp³-hybridized carbons (Fsp3) is 0.600. The lowest BCUT2D eigenvalue weighted by Crippen LogP contribution is -3.00. The Kier molecular flexibility index (Phi) is 6.72. The van der Waals surface area contributed by atoms with Crippen LogP contribution in [0.25, 0.3) is 0 Å². The molecule has 0 atom stereocenters. The molecule has 8 rings (SSSR count). The molecule has 6 aliphatic rings. The summed E-state index contributed by atoms with van der Waals surface area (Å²) in [5, 5.41) is 4.83. The van der Waals surface area contributed by atoms with E-state index in [4.69, 9.17) is 4.99 Å². The molecule has 2 aliphatic heterocycles. The number of piperazine rings is 1. The van der Waals surface area contributed by atoms with Crippen molar-refractivity contribution in [3.63, 3.8) is 0 Å². The highest BCUT2D eigenvalue weighted by molar-refractivity contribution is 7.16. The SMILES string of the molecule is Cc1cc2c(s1)Nc1ccccc1N=C2N1CC[N+](C)(CCC(=O)C23CC4CC(CC(C4)C2)C3)CC1.[I-]. The molecule has 2 aromatic rings. The van der Waals surface area contributed by atoms with Crippen LogP contribution in [0.15, 0.2) is 35.3 Å². The average Bonchev–Trinajstić information content (AvgIpc) is 3.14. The van der Waals surface area contributed by atoms with Crippen molar-refractivity contribution in [1.82, 2.24) is 4.90 Å². The standard InChI is InChI=1S/C30H39N4OS.HI/c1-20-13-24-28(31-25-5-3-4-6-26(25)32-29(24)36-20)33-8-11-34(2,12-9-33)10-7-27(35)30-17-21-14-22(18-30)16-23(15-21)19-30;/h3-6,13,21-23,32H,7-12,14-19H2,1-2H3;1H/q+1;/p-1. The highest BCUT2D eigenvalue weighted by atomic mass is 127. The number of carbonyl (C=O) groups is 1. The van der Waals surface area contributed by atoms with Crippen molar-refractivity contribution < 1.29 is 33.3 Å². The Morgan fingerprint density at radius 1 is 1.11 bits per heavy atom. The molecule has 1 N–H and O–H groups in total. The maximum absolute atomic E-state index is 13.6. The van der Waals surface area contributed by atoms with Crippen LogP contribution in [-0.2, 0) is 4.79 Å². The number of rotatable bonds is 4. The van der Waals surface area contributed by atoms with Crippen LogP contribution in [0, 0.1) is 30.1 Å². The van der Waals surface area contributed by atoms with Gasteiger partial charge in [0.15, 0.2) is 0 Å². The van der Waals surface area contributed by atoms with Gasteiger partial charge in [-0.15, -0.1) is 11.3 Å². The number of carbonyl (C=O) groups excluding carboxylic acids is 1. The Morgan fingerprint density at radius 2 is 1.76 bits per heavy atom. The van der Waals surface area contributed by atoms with Gasteiger partial charge in [0.2, 0.25) is 0 Å². The lowest BCUT2D eigenvalue weighted by atomic mass is 9.48. The predicted molar refractivity (Wildman–Crippen MR) is 148 cm³/mol. The number of aryl methyl sites for hydroxylation is 1. The first kappa shape index (κ1) is 25.8. The highest BCUT2D eigenvalue weighted by Gasteiger charge is 2.54. The Labute approximate surface area is 242 Å². The van der Waals surface area contributed by atoms with Gasteiger partial charge in [0.05, 0.1) is 63.1 Å². The maximum Gasteiger partial charge on any atom is 0.144 e. The van der Waals surface area contributed by atoms with E-state index in [0.717, 1.165) is 78.6 Å². The average molecular weight is 631 g/mol. The number of para-hydroxylation sites is 2. The predicted octanol–water partition coefficient (Wildman–Crippen LogP) is 3.13. The van der Waals surface area contributed by atoms with Crippen LogP contribution >= 0.6 is 11.3 Å². The Hall–Kier alpha value is -1.45. The number of aliphatic imine (C=N–C) groups is 1. The van der Waals surface area contributed by atoms with Gasteiger partial charge in [-0.2, -0.15) is 0 Å². The first-order chi connectivity index (χ1) is 17.4. The zero-order chi connectivity index (χ0) is 24.5. The van der Waals surface area contributed by atoms with Crippen LogP contribution in [0.3, 0.4) is 0 Å². The number of Topliss-reactive ketones (excluding diaryl/α,β-unsaturated/α-hetero) is 1. The largest absolute Gasteiger partial charge is 1.00 e. The van der Waals surface area contributed by atoms with E-state index in [1.165, 1.54) is 54.0 Å². The molecule has 0 unspecified atom stereocenters. The number of ketones is 1. The van der Waals surface area contributed by atoms with Crippen molar-refractivity contribution in [1.29, 1.82) is 0 Å². The molecule has 1 saturated heterocycles. The number of amidine groups is 1. The second-order valence-corrected chi connectivity index (χ2v) is 14.1. The molecule has 5 fully saturated rings. The molecule has 0 radical (unpaired) electrons. The maximum atomic E-state index is 13.6. The van der Waals surface area contributed by atoms with Gasteiger partial charge in [0.1, 0.15) is 16.6 Å². The van der Waals surface area contributed by atoms with E-state index in [2.05, 4.69) is 54.5 Å². The number of benzene rings is 1. The number of halogens is 1. The molecule has 4 bridgehead atoms. The third-order valence-electron chi connectivity index (χ3n) is 10.1. The summed E-state index contributed by atoms with van der Waals surface area (Å²) in [5.74, 6) is 4.25. The number of hydrogen-bond donors (Lipinski definition) is 1. The molecule has 0 spiro atoms. The van der Waals surface area contributed by atoms with Gasteiger partial charge in [-0.1, -0.05) is 12.1 Å². The molecule has 0 amide bonds. The summed E-state index contributed by atoms with van der Waals surface area (Å²) in [6.07, 6.45) is 8.60. The van der Waals surface area contributed by atoms with Crippen LogP contribution in [0.1, 0.15) is 55.4 Å². The highest BCUT2D eigenvalue weighted by Crippen LogP contribution is 2.60. The monoisotopic (exact) mass is 630 g/mol. The van der Waals surface area contributed by atoms with Gasteiger partial charge >= 0.3 is 0 Å². The zero-order valence-electron chi connectivity index (χ0n) is 22.1. The number of fused-ring (bicyclic) bond motifs is 2. The molecule has 5 nitrogen and oxygen atoms in total. The summed E-state index contributed by atoms with van der Waals surface area (Å²) in [7, 11) is 2.37. The van der Waals surface area contributed by atoms with E-state index in [9.17, 15) is 4.79 Å². The second-order valence-electron chi connectivity index (χ2n) is 12.8. The Bertz CT molecular complexity index is 1190. The van der Waals surface area contributed by atoms with Crippen LogP contribution in [0.4, 0.5) is 16.4 Å². The fourth-order valence-corrected chi connectivity index (χ4v) is 9.38. The van der Waals surface area contributed by atoms with E-state index < -0.39 is 0 Å². The van der Waals surface area contributed by atoms with Crippen molar-refractivity contribution in [3.05, 3.63) is 40.8 Å². The number of hydrogen-bond acceptors (Lipinski definition) is 5. The quantitative estimate of drug-likeness (QED) is 0.418. The molecule has 1 aromatic heterocycles. The first-order valence-electron chi connectivity index (χ1n) is 14.1. The Morgan fingerprint density at radius 3 is 2.43 bits per heavy atom. The molecule has 1 aromatic carbocycles. The van der Waals surface area contributed by atoms with E-state index in [0.29, 0.717) is 5.78 Å².